The zero-order valence-electron chi connectivity index (χ0n) is 12.7. The molecule has 122 valence electrons. The molecule has 1 saturated heterocycles. The molecular formula is C14H20N2O5S. The standard InChI is InChI=1S/C14H20N2O5S/c1-15-6-3-7-16(9-8-15)22(19,20)13-10-11(14(17)18)4-5-12(13)21-2/h4-5,10H,3,6-9H2,1-2H3,(H,17,18). The Balaban J connectivity index is 2.43. The molecular weight excluding hydrogens is 308 g/mol. The Hall–Kier alpha value is -1.64. The van der Waals surface area contributed by atoms with E-state index in [2.05, 4.69) is 0 Å². The van der Waals surface area contributed by atoms with Crippen LogP contribution in [0, 0.1) is 0 Å². The number of rotatable bonds is 4. The van der Waals surface area contributed by atoms with Crippen molar-refractivity contribution in [2.24, 2.45) is 0 Å². The molecule has 1 N–H and O–H groups in total. The van der Waals surface area contributed by atoms with Crippen molar-refractivity contribution < 1.29 is 28.0 Å². The molecule has 1 aromatic carbocycles. The third-order valence-electron chi connectivity index (χ3n) is 3.82. The summed E-state index contributed by atoms with van der Waals surface area (Å²) in [4.78, 5) is 12.1. The van der Waals surface area contributed by atoms with Gasteiger partial charge in [0.25, 0.3) is 0 Å². The Kier molecular flexibility index (Phi) is 5.05. The molecule has 0 aliphatic carbocycles. The first-order valence-corrected chi connectivity index (χ1v) is 8.51. The third-order valence-corrected chi connectivity index (χ3v) is 5.74. The molecule has 0 aromatic heterocycles. The molecule has 0 saturated carbocycles. The summed E-state index contributed by atoms with van der Waals surface area (Å²) in [5.74, 6) is -1.28. The molecule has 1 aliphatic heterocycles. The highest BCUT2D eigenvalue weighted by atomic mass is 32.2. The molecule has 1 atom stereocenters. The summed E-state index contributed by atoms with van der Waals surface area (Å²) >= 11 is 0. The van der Waals surface area contributed by atoms with E-state index >= 15 is 0 Å². The summed E-state index contributed by atoms with van der Waals surface area (Å²) in [6.45, 7) is 2.43. The van der Waals surface area contributed by atoms with E-state index in [1.54, 1.807) is 0 Å². The highest BCUT2D eigenvalue weighted by molar-refractivity contribution is 7.89. The van der Waals surface area contributed by atoms with Crippen molar-refractivity contribution in [3.8, 4) is 5.75 Å². The van der Waals surface area contributed by atoms with E-state index in [-0.39, 0.29) is 16.2 Å². The van der Waals surface area contributed by atoms with Gasteiger partial charge in [0, 0.05) is 13.0 Å². The van der Waals surface area contributed by atoms with Gasteiger partial charge in [-0.1, -0.05) is 0 Å². The zero-order valence-corrected chi connectivity index (χ0v) is 13.5. The van der Waals surface area contributed by atoms with Gasteiger partial charge < -0.3 is 19.5 Å². The molecule has 1 aliphatic rings. The summed E-state index contributed by atoms with van der Waals surface area (Å²) in [6, 6.07) is 3.71. The average molecular weight is 328 g/mol. The number of likely N-dealkylation sites (N-methyl/N-ethyl adjacent to an activating group) is 1. The smallest absolute Gasteiger partial charge is 0.246 e. The summed E-state index contributed by atoms with van der Waals surface area (Å²) in [7, 11) is -0.428. The van der Waals surface area contributed by atoms with E-state index in [4.69, 9.17) is 4.74 Å². The number of carboxylic acids is 1. The number of quaternary nitrogens is 1. The second kappa shape index (κ2) is 6.64. The fourth-order valence-electron chi connectivity index (χ4n) is 2.49. The second-order valence-corrected chi connectivity index (χ2v) is 7.27. The van der Waals surface area contributed by atoms with Crippen molar-refractivity contribution in [2.75, 3.05) is 40.3 Å². The first-order valence-electron chi connectivity index (χ1n) is 7.07. The average Bonchev–Trinajstić information content (AvgIpc) is 2.71. The van der Waals surface area contributed by atoms with E-state index < -0.39 is 16.0 Å². The van der Waals surface area contributed by atoms with Crippen LogP contribution in [0.3, 0.4) is 0 Å². The van der Waals surface area contributed by atoms with Gasteiger partial charge in [0.05, 0.1) is 39.8 Å². The van der Waals surface area contributed by atoms with Crippen molar-refractivity contribution in [3.63, 3.8) is 0 Å². The van der Waals surface area contributed by atoms with Crippen molar-refractivity contribution in [2.45, 2.75) is 11.3 Å². The highest BCUT2D eigenvalue weighted by Gasteiger charge is 2.30. The lowest BCUT2D eigenvalue weighted by Gasteiger charge is -2.21. The predicted octanol–water partition coefficient (Wildman–Crippen LogP) is -2.03. The van der Waals surface area contributed by atoms with Crippen LogP contribution in [0.2, 0.25) is 0 Å². The van der Waals surface area contributed by atoms with E-state index in [1.807, 2.05) is 7.05 Å². The summed E-state index contributed by atoms with van der Waals surface area (Å²) in [5, 5.41) is 11.0. The molecule has 1 heterocycles. The number of nitrogens with zero attached hydrogens (tertiary/aromatic N) is 1. The van der Waals surface area contributed by atoms with Crippen LogP contribution >= 0.6 is 0 Å². The summed E-state index contributed by atoms with van der Waals surface area (Å²) < 4.78 is 32.1. The monoisotopic (exact) mass is 328 g/mol. The summed E-state index contributed by atoms with van der Waals surface area (Å²) in [6.07, 6.45) is 0.757. The quantitative estimate of drug-likeness (QED) is 0.688. The number of carboxylic acid groups (broad SMARTS) is 1. The van der Waals surface area contributed by atoms with Gasteiger partial charge in [-0.2, -0.15) is 4.31 Å². The number of methoxy groups -OCH3 is 1. The lowest BCUT2D eigenvalue weighted by molar-refractivity contribution is -0.877. The van der Waals surface area contributed by atoms with Gasteiger partial charge in [0.2, 0.25) is 10.0 Å². The molecule has 1 fully saturated rings. The zero-order chi connectivity index (χ0) is 16.3. The SMILES string of the molecule is COc1ccc(C(=O)[O-])cc1S(=O)(=O)N1CCC[NH+](C)CC1. The van der Waals surface area contributed by atoms with Crippen molar-refractivity contribution in [3.05, 3.63) is 23.8 Å². The minimum absolute atomic E-state index is 0.128. The van der Waals surface area contributed by atoms with Gasteiger partial charge in [-0.3, -0.25) is 0 Å². The largest absolute Gasteiger partial charge is 0.545 e. The molecule has 1 unspecified atom stereocenters. The van der Waals surface area contributed by atoms with Crippen LogP contribution in [0.25, 0.3) is 0 Å². The van der Waals surface area contributed by atoms with E-state index in [0.717, 1.165) is 19.0 Å². The van der Waals surface area contributed by atoms with Crippen molar-refractivity contribution in [1.29, 1.82) is 0 Å². The lowest BCUT2D eigenvalue weighted by Crippen LogP contribution is -3.09. The lowest BCUT2D eigenvalue weighted by atomic mass is 10.2. The van der Waals surface area contributed by atoms with E-state index in [0.29, 0.717) is 19.6 Å². The Morgan fingerprint density at radius 1 is 1.32 bits per heavy atom. The van der Waals surface area contributed by atoms with Gasteiger partial charge in [0.1, 0.15) is 10.6 Å². The van der Waals surface area contributed by atoms with Crippen LogP contribution in [-0.2, 0) is 10.0 Å². The fraction of sp³-hybridized carbons (Fsp3) is 0.500. The summed E-state index contributed by atoms with van der Waals surface area (Å²) in [5.41, 5.74) is -0.183. The van der Waals surface area contributed by atoms with Gasteiger partial charge in [-0.15, -0.1) is 0 Å². The minimum atomic E-state index is -3.80. The predicted molar refractivity (Wildman–Crippen MR) is 77.3 cm³/mol. The Labute approximate surface area is 130 Å². The van der Waals surface area contributed by atoms with Gasteiger partial charge in [0.15, 0.2) is 0 Å². The molecule has 0 radical (unpaired) electrons. The molecule has 0 bridgehead atoms. The Morgan fingerprint density at radius 2 is 2.05 bits per heavy atom. The number of carbonyl (C=O) groups excluding carboxylic acids is 1. The molecule has 7 nitrogen and oxygen atoms in total. The highest BCUT2D eigenvalue weighted by Crippen LogP contribution is 2.28. The minimum Gasteiger partial charge on any atom is -0.545 e. The number of benzene rings is 1. The number of ether oxygens (including phenoxy) is 1. The topological polar surface area (TPSA) is 91.2 Å². The van der Waals surface area contributed by atoms with E-state index in [9.17, 15) is 18.3 Å². The van der Waals surface area contributed by atoms with Crippen LogP contribution in [0.5, 0.6) is 5.75 Å². The van der Waals surface area contributed by atoms with Crippen LogP contribution in [0.15, 0.2) is 23.1 Å². The number of nitrogens with one attached hydrogen (secondary N) is 1. The first-order chi connectivity index (χ1) is 10.4. The molecule has 8 heteroatoms. The van der Waals surface area contributed by atoms with Crippen LogP contribution in [0.4, 0.5) is 0 Å². The molecule has 0 spiro atoms. The van der Waals surface area contributed by atoms with Gasteiger partial charge >= 0.3 is 0 Å². The third kappa shape index (κ3) is 3.40. The normalized spacial score (nSPS) is 20.4. The maximum Gasteiger partial charge on any atom is 0.246 e. The van der Waals surface area contributed by atoms with Crippen molar-refractivity contribution >= 4 is 16.0 Å². The fourth-order valence-corrected chi connectivity index (χ4v) is 4.16. The number of sulfonamides is 1. The second-order valence-electron chi connectivity index (χ2n) is 5.37. The van der Waals surface area contributed by atoms with Crippen LogP contribution < -0.4 is 14.7 Å². The Morgan fingerprint density at radius 3 is 2.68 bits per heavy atom. The van der Waals surface area contributed by atoms with Gasteiger partial charge in [-0.25, -0.2) is 8.42 Å². The van der Waals surface area contributed by atoms with Gasteiger partial charge in [-0.05, 0) is 23.8 Å². The first kappa shape index (κ1) is 16.7. The Bertz CT molecular complexity index is 659. The number of carbonyl (C=O) groups is 1. The number of hydrogen-bond acceptors (Lipinski definition) is 5. The molecule has 1 aromatic rings. The maximum absolute atomic E-state index is 12.8. The van der Waals surface area contributed by atoms with Crippen LogP contribution in [0.1, 0.15) is 16.8 Å². The maximum atomic E-state index is 12.8. The van der Waals surface area contributed by atoms with Crippen LogP contribution in [-0.4, -0.2) is 59.0 Å². The van der Waals surface area contributed by atoms with E-state index in [1.165, 1.54) is 28.4 Å². The number of hydrogen-bond donors (Lipinski definition) is 1. The molecule has 0 amide bonds. The molecule has 22 heavy (non-hydrogen) atoms. The molecule has 2 rings (SSSR count). The number of aromatic carboxylic acids is 1. The van der Waals surface area contributed by atoms with Crippen molar-refractivity contribution in [1.82, 2.24) is 4.31 Å².